The minimum absolute atomic E-state index is 0.0686. The molecule has 3 N–H and O–H groups in total. The van der Waals surface area contributed by atoms with E-state index >= 15 is 0 Å². The number of aromatic nitrogens is 3. The van der Waals surface area contributed by atoms with Crippen molar-refractivity contribution >= 4 is 34.8 Å². The molecule has 0 atom stereocenters. The highest BCUT2D eigenvalue weighted by molar-refractivity contribution is 8.01. The number of carboxylic acid groups (broad SMARTS) is 1. The van der Waals surface area contributed by atoms with E-state index in [0.717, 1.165) is 0 Å². The van der Waals surface area contributed by atoms with Crippen LogP contribution >= 0.6 is 23.1 Å². The smallest absolute Gasteiger partial charge is 0.337 e. The van der Waals surface area contributed by atoms with Crippen molar-refractivity contribution in [1.29, 1.82) is 0 Å². The van der Waals surface area contributed by atoms with Crippen molar-refractivity contribution in [3.8, 4) is 0 Å². The Morgan fingerprint density at radius 2 is 2.38 bits per heavy atom. The van der Waals surface area contributed by atoms with Crippen molar-refractivity contribution in [2.24, 2.45) is 0 Å². The molecule has 2 aromatic rings. The van der Waals surface area contributed by atoms with E-state index in [1.165, 1.54) is 35.4 Å². The molecule has 0 radical (unpaired) electrons. The standard InChI is InChI=1S/C8H6N4O2S2/c9-5-1-4(7(13)14)2-10-6(5)16-8-12-11-3-15-8/h1-3H,9H2,(H,13,14). The molecule has 0 aromatic carbocycles. The molecule has 82 valence electrons. The zero-order valence-corrected chi connectivity index (χ0v) is 9.46. The van der Waals surface area contributed by atoms with Gasteiger partial charge in [-0.2, -0.15) is 0 Å². The Morgan fingerprint density at radius 3 is 2.94 bits per heavy atom. The predicted molar refractivity (Wildman–Crippen MR) is 59.6 cm³/mol. The van der Waals surface area contributed by atoms with Gasteiger partial charge in [0.1, 0.15) is 10.5 Å². The fraction of sp³-hybridized carbons (Fsp3) is 0. The van der Waals surface area contributed by atoms with Crippen molar-refractivity contribution in [3.63, 3.8) is 0 Å². The van der Waals surface area contributed by atoms with Gasteiger partial charge in [-0.25, -0.2) is 9.78 Å². The van der Waals surface area contributed by atoms with Gasteiger partial charge in [-0.3, -0.25) is 0 Å². The Morgan fingerprint density at radius 1 is 1.56 bits per heavy atom. The molecule has 0 fully saturated rings. The topological polar surface area (TPSA) is 102 Å². The van der Waals surface area contributed by atoms with E-state index in [-0.39, 0.29) is 5.56 Å². The van der Waals surface area contributed by atoms with Gasteiger partial charge in [0.05, 0.1) is 11.3 Å². The summed E-state index contributed by atoms with van der Waals surface area (Å²) in [5.74, 6) is -1.05. The van der Waals surface area contributed by atoms with E-state index in [1.807, 2.05) is 0 Å². The Balaban J connectivity index is 2.26. The molecule has 0 aliphatic carbocycles. The molecule has 0 spiro atoms. The minimum atomic E-state index is -1.05. The third-order valence-corrected chi connectivity index (χ3v) is 3.46. The predicted octanol–water partition coefficient (Wildman–Crippen LogP) is 1.36. The highest BCUT2D eigenvalue weighted by Gasteiger charge is 2.10. The lowest BCUT2D eigenvalue weighted by atomic mass is 10.3. The van der Waals surface area contributed by atoms with Crippen LogP contribution in [-0.2, 0) is 0 Å². The second kappa shape index (κ2) is 4.45. The van der Waals surface area contributed by atoms with Crippen molar-refractivity contribution in [1.82, 2.24) is 15.2 Å². The second-order valence-electron chi connectivity index (χ2n) is 2.73. The van der Waals surface area contributed by atoms with Gasteiger partial charge in [-0.05, 0) is 17.8 Å². The monoisotopic (exact) mass is 254 g/mol. The maximum atomic E-state index is 10.7. The Hall–Kier alpha value is -1.67. The summed E-state index contributed by atoms with van der Waals surface area (Å²) in [5.41, 5.74) is 7.68. The van der Waals surface area contributed by atoms with Crippen LogP contribution in [0.3, 0.4) is 0 Å². The van der Waals surface area contributed by atoms with Crippen LogP contribution in [-0.4, -0.2) is 26.3 Å². The molecule has 0 aliphatic rings. The lowest BCUT2D eigenvalue weighted by Gasteiger charge is -2.02. The van der Waals surface area contributed by atoms with Crippen LogP contribution < -0.4 is 5.73 Å². The summed E-state index contributed by atoms with van der Waals surface area (Å²) in [5, 5.41) is 16.8. The average Bonchev–Trinajstić information content (AvgIpc) is 2.73. The minimum Gasteiger partial charge on any atom is -0.478 e. The lowest BCUT2D eigenvalue weighted by Crippen LogP contribution is -2.00. The van der Waals surface area contributed by atoms with E-state index < -0.39 is 5.97 Å². The van der Waals surface area contributed by atoms with E-state index in [0.29, 0.717) is 15.1 Å². The van der Waals surface area contributed by atoms with Crippen LogP contribution in [0.2, 0.25) is 0 Å². The molecule has 6 nitrogen and oxygen atoms in total. The van der Waals surface area contributed by atoms with Gasteiger partial charge in [0.25, 0.3) is 0 Å². The summed E-state index contributed by atoms with van der Waals surface area (Å²) >= 11 is 2.62. The van der Waals surface area contributed by atoms with Crippen LogP contribution in [0.5, 0.6) is 0 Å². The van der Waals surface area contributed by atoms with Crippen LogP contribution in [0.1, 0.15) is 10.4 Å². The van der Waals surface area contributed by atoms with Crippen molar-refractivity contribution < 1.29 is 9.90 Å². The number of nitrogens with zero attached hydrogens (tertiary/aromatic N) is 3. The molecule has 16 heavy (non-hydrogen) atoms. The SMILES string of the molecule is Nc1cc(C(=O)O)cnc1Sc1nncs1. The first-order chi connectivity index (χ1) is 7.66. The molecule has 0 aliphatic heterocycles. The molecule has 2 heterocycles. The molecular weight excluding hydrogens is 248 g/mol. The zero-order valence-electron chi connectivity index (χ0n) is 7.82. The molecule has 0 unspecified atom stereocenters. The number of carbonyl (C=O) groups is 1. The van der Waals surface area contributed by atoms with Crippen LogP contribution in [0.15, 0.2) is 27.1 Å². The van der Waals surface area contributed by atoms with Crippen molar-refractivity contribution in [2.45, 2.75) is 9.37 Å². The molecule has 0 bridgehead atoms. The molecular formula is C8H6N4O2S2. The number of hydrogen-bond acceptors (Lipinski definition) is 7. The third kappa shape index (κ3) is 2.28. The van der Waals surface area contributed by atoms with Gasteiger partial charge >= 0.3 is 5.97 Å². The summed E-state index contributed by atoms with van der Waals surface area (Å²) < 4.78 is 0.710. The van der Waals surface area contributed by atoms with Crippen LogP contribution in [0.4, 0.5) is 5.69 Å². The van der Waals surface area contributed by atoms with Crippen LogP contribution in [0, 0.1) is 0 Å². The van der Waals surface area contributed by atoms with Crippen LogP contribution in [0.25, 0.3) is 0 Å². The molecule has 0 amide bonds. The fourth-order valence-electron chi connectivity index (χ4n) is 0.962. The molecule has 2 aromatic heterocycles. The number of rotatable bonds is 3. The fourth-order valence-corrected chi connectivity index (χ4v) is 2.33. The summed E-state index contributed by atoms with van der Waals surface area (Å²) in [6.45, 7) is 0. The summed E-state index contributed by atoms with van der Waals surface area (Å²) in [6, 6.07) is 1.37. The summed E-state index contributed by atoms with van der Waals surface area (Å²) in [4.78, 5) is 14.6. The molecule has 2 rings (SSSR count). The number of nitrogen functional groups attached to an aromatic ring is 1. The van der Waals surface area contributed by atoms with Gasteiger partial charge in [0, 0.05) is 6.20 Å². The number of carboxylic acids is 1. The van der Waals surface area contributed by atoms with E-state index in [9.17, 15) is 4.79 Å². The third-order valence-electron chi connectivity index (χ3n) is 1.65. The lowest BCUT2D eigenvalue weighted by molar-refractivity contribution is 0.0696. The highest BCUT2D eigenvalue weighted by atomic mass is 32.2. The normalized spacial score (nSPS) is 10.2. The Kier molecular flexibility index (Phi) is 3.02. The zero-order chi connectivity index (χ0) is 11.5. The average molecular weight is 254 g/mol. The first kappa shape index (κ1) is 10.8. The maximum absolute atomic E-state index is 10.7. The quantitative estimate of drug-likeness (QED) is 0.852. The first-order valence-corrected chi connectivity index (χ1v) is 5.79. The number of anilines is 1. The Labute approximate surface area is 98.5 Å². The van der Waals surface area contributed by atoms with Crippen molar-refractivity contribution in [2.75, 3.05) is 5.73 Å². The van der Waals surface area contributed by atoms with Gasteiger partial charge in [0.2, 0.25) is 0 Å². The Bertz CT molecular complexity index is 515. The molecule has 0 saturated heterocycles. The highest BCUT2D eigenvalue weighted by Crippen LogP contribution is 2.31. The van der Waals surface area contributed by atoms with Gasteiger partial charge in [0.15, 0.2) is 4.34 Å². The number of nitrogens with two attached hydrogens (primary N) is 1. The van der Waals surface area contributed by atoms with Crippen molar-refractivity contribution in [3.05, 3.63) is 23.3 Å². The van der Waals surface area contributed by atoms with Gasteiger partial charge < -0.3 is 10.8 Å². The summed E-state index contributed by atoms with van der Waals surface area (Å²) in [6.07, 6.45) is 1.27. The first-order valence-electron chi connectivity index (χ1n) is 4.09. The number of hydrogen-bond donors (Lipinski definition) is 2. The molecule has 0 saturated carbocycles. The number of aromatic carboxylic acids is 1. The van der Waals surface area contributed by atoms with Gasteiger partial charge in [-0.1, -0.05) is 11.3 Å². The van der Waals surface area contributed by atoms with E-state index in [4.69, 9.17) is 10.8 Å². The van der Waals surface area contributed by atoms with E-state index in [2.05, 4.69) is 15.2 Å². The summed E-state index contributed by atoms with van der Waals surface area (Å²) in [7, 11) is 0. The number of pyridine rings is 1. The second-order valence-corrected chi connectivity index (χ2v) is 4.80. The maximum Gasteiger partial charge on any atom is 0.337 e. The van der Waals surface area contributed by atoms with Gasteiger partial charge in [-0.15, -0.1) is 10.2 Å². The molecule has 8 heteroatoms. The van der Waals surface area contributed by atoms with E-state index in [1.54, 1.807) is 5.51 Å². The largest absolute Gasteiger partial charge is 0.478 e.